The number of rotatable bonds is 2. The van der Waals surface area contributed by atoms with E-state index in [0.717, 1.165) is 17.4 Å². The fraction of sp³-hybridized carbons (Fsp3) is 0.0909. The Bertz CT molecular complexity index is 551. The predicted octanol–water partition coefficient (Wildman–Crippen LogP) is 2.96. The number of nitrogens with zero attached hydrogens (tertiary/aromatic N) is 1. The van der Waals surface area contributed by atoms with Gasteiger partial charge in [0.25, 0.3) is 0 Å². The summed E-state index contributed by atoms with van der Waals surface area (Å²) in [5.41, 5.74) is -0.261. The minimum Gasteiger partial charge on any atom is -0.288 e. The van der Waals surface area contributed by atoms with E-state index in [9.17, 15) is 13.6 Å². The Morgan fingerprint density at radius 1 is 1.38 bits per heavy atom. The maximum Gasteiger partial charge on any atom is 0.207 e. The van der Waals surface area contributed by atoms with Gasteiger partial charge in [-0.3, -0.25) is 4.79 Å². The Hall–Kier alpha value is -1.62. The zero-order valence-electron chi connectivity index (χ0n) is 8.33. The molecule has 0 saturated heterocycles. The summed E-state index contributed by atoms with van der Waals surface area (Å²) in [5.74, 6) is -2.67. The van der Waals surface area contributed by atoms with Gasteiger partial charge in [0.15, 0.2) is 11.6 Å². The van der Waals surface area contributed by atoms with Crippen molar-refractivity contribution in [2.45, 2.75) is 6.92 Å². The summed E-state index contributed by atoms with van der Waals surface area (Å²) in [6.07, 6.45) is 1.37. The molecule has 0 aliphatic carbocycles. The number of ketones is 1. The Labute approximate surface area is 94.6 Å². The first-order valence-corrected chi connectivity index (χ1v) is 5.32. The average Bonchev–Trinajstić information content (AvgIpc) is 2.68. The third-order valence-corrected chi connectivity index (χ3v) is 2.95. The minimum atomic E-state index is -1.11. The zero-order chi connectivity index (χ0) is 11.7. The van der Waals surface area contributed by atoms with Gasteiger partial charge in [0.2, 0.25) is 5.78 Å². The van der Waals surface area contributed by atoms with Gasteiger partial charge in [-0.05, 0) is 19.1 Å². The summed E-state index contributed by atoms with van der Waals surface area (Å²) in [4.78, 5) is 16.0. The van der Waals surface area contributed by atoms with Crippen molar-refractivity contribution in [3.63, 3.8) is 0 Å². The van der Waals surface area contributed by atoms with Crippen molar-refractivity contribution in [1.82, 2.24) is 4.98 Å². The average molecular weight is 239 g/mol. The van der Waals surface area contributed by atoms with Crippen LogP contribution in [0.5, 0.6) is 0 Å². The van der Waals surface area contributed by atoms with Crippen LogP contribution in [0.2, 0.25) is 0 Å². The largest absolute Gasteiger partial charge is 0.288 e. The van der Waals surface area contributed by atoms with Crippen molar-refractivity contribution in [3.8, 4) is 0 Å². The van der Waals surface area contributed by atoms with Crippen molar-refractivity contribution in [3.05, 3.63) is 51.5 Å². The summed E-state index contributed by atoms with van der Waals surface area (Å²) < 4.78 is 26.3. The lowest BCUT2D eigenvalue weighted by Crippen LogP contribution is -2.03. The molecule has 0 saturated carbocycles. The van der Waals surface area contributed by atoms with Gasteiger partial charge in [-0.25, -0.2) is 13.8 Å². The van der Waals surface area contributed by atoms with E-state index in [2.05, 4.69) is 4.98 Å². The molecular formula is C11H7F2NOS. The molecule has 0 bridgehead atoms. The molecule has 5 heteroatoms. The minimum absolute atomic E-state index is 0.261. The molecular weight excluding hydrogens is 232 g/mol. The lowest BCUT2D eigenvalue weighted by molar-refractivity contribution is 0.103. The number of halogens is 2. The van der Waals surface area contributed by atoms with Crippen LogP contribution in [0.1, 0.15) is 20.2 Å². The summed E-state index contributed by atoms with van der Waals surface area (Å²) in [7, 11) is 0. The number of hydrogen-bond donors (Lipinski definition) is 0. The topological polar surface area (TPSA) is 30.0 Å². The van der Waals surface area contributed by atoms with Crippen LogP contribution in [0.15, 0.2) is 24.4 Å². The third kappa shape index (κ3) is 1.86. The highest BCUT2D eigenvalue weighted by molar-refractivity contribution is 7.13. The molecule has 1 heterocycles. The molecule has 0 radical (unpaired) electrons. The molecule has 0 fully saturated rings. The normalized spacial score (nSPS) is 10.4. The van der Waals surface area contributed by atoms with Crippen LogP contribution in [0.3, 0.4) is 0 Å². The first kappa shape index (κ1) is 10.9. The van der Waals surface area contributed by atoms with Crippen molar-refractivity contribution in [2.75, 3.05) is 0 Å². The maximum atomic E-state index is 13.3. The Balaban J connectivity index is 2.45. The highest BCUT2D eigenvalue weighted by Gasteiger charge is 2.18. The first-order chi connectivity index (χ1) is 7.59. The van der Waals surface area contributed by atoms with E-state index in [-0.39, 0.29) is 5.56 Å². The zero-order valence-corrected chi connectivity index (χ0v) is 9.15. The number of thiazole rings is 1. The molecule has 0 atom stereocenters. The van der Waals surface area contributed by atoms with Gasteiger partial charge < -0.3 is 0 Å². The maximum absolute atomic E-state index is 13.3. The highest BCUT2D eigenvalue weighted by Crippen LogP contribution is 2.19. The van der Waals surface area contributed by atoms with E-state index in [0.29, 0.717) is 9.88 Å². The molecule has 0 aliphatic rings. The Kier molecular flexibility index (Phi) is 2.78. The molecule has 1 aromatic heterocycles. The molecule has 2 aromatic rings. The summed E-state index contributed by atoms with van der Waals surface area (Å²) in [6, 6.07) is 3.54. The Morgan fingerprint density at radius 2 is 2.12 bits per heavy atom. The second-order valence-electron chi connectivity index (χ2n) is 3.17. The first-order valence-electron chi connectivity index (χ1n) is 4.50. The fourth-order valence-corrected chi connectivity index (χ4v) is 2.01. The second-order valence-corrected chi connectivity index (χ2v) is 4.41. The SMILES string of the molecule is Cc1ncc(C(=O)c2cccc(F)c2F)s1. The van der Waals surface area contributed by atoms with E-state index in [1.807, 2.05) is 0 Å². The lowest BCUT2D eigenvalue weighted by Gasteiger charge is -2.00. The molecule has 1 aromatic carbocycles. The van der Waals surface area contributed by atoms with E-state index in [1.54, 1.807) is 6.92 Å². The van der Waals surface area contributed by atoms with Gasteiger partial charge in [0, 0.05) is 6.20 Å². The number of aromatic nitrogens is 1. The quantitative estimate of drug-likeness (QED) is 0.754. The van der Waals surface area contributed by atoms with E-state index in [4.69, 9.17) is 0 Å². The number of aryl methyl sites for hydroxylation is 1. The second kappa shape index (κ2) is 4.09. The predicted molar refractivity (Wildman–Crippen MR) is 56.6 cm³/mol. The van der Waals surface area contributed by atoms with Gasteiger partial charge in [-0.1, -0.05) is 6.07 Å². The van der Waals surface area contributed by atoms with Crippen molar-refractivity contribution in [2.24, 2.45) is 0 Å². The van der Waals surface area contributed by atoms with E-state index >= 15 is 0 Å². The standard InChI is InChI=1S/C11H7F2NOS/c1-6-14-5-9(16-6)11(15)7-3-2-4-8(12)10(7)13/h2-5H,1H3. The number of hydrogen-bond acceptors (Lipinski definition) is 3. The lowest BCUT2D eigenvalue weighted by atomic mass is 10.1. The van der Waals surface area contributed by atoms with Gasteiger partial charge in [0.1, 0.15) is 0 Å². The number of carbonyl (C=O) groups excluding carboxylic acids is 1. The summed E-state index contributed by atoms with van der Waals surface area (Å²) in [6.45, 7) is 1.74. The monoisotopic (exact) mass is 239 g/mol. The van der Waals surface area contributed by atoms with Crippen LogP contribution in [0.4, 0.5) is 8.78 Å². The van der Waals surface area contributed by atoms with E-state index in [1.165, 1.54) is 18.3 Å². The van der Waals surface area contributed by atoms with E-state index < -0.39 is 17.4 Å². The van der Waals surface area contributed by atoms with Crippen LogP contribution in [-0.2, 0) is 0 Å². The summed E-state index contributed by atoms with van der Waals surface area (Å²) in [5, 5.41) is 0.708. The number of carbonyl (C=O) groups is 1. The van der Waals surface area contributed by atoms with Gasteiger partial charge in [-0.2, -0.15) is 0 Å². The molecule has 0 amide bonds. The summed E-state index contributed by atoms with van der Waals surface area (Å²) >= 11 is 1.16. The fourth-order valence-electron chi connectivity index (χ4n) is 1.28. The van der Waals surface area contributed by atoms with Crippen LogP contribution in [0, 0.1) is 18.6 Å². The van der Waals surface area contributed by atoms with Crippen molar-refractivity contribution in [1.29, 1.82) is 0 Å². The van der Waals surface area contributed by atoms with Crippen LogP contribution in [-0.4, -0.2) is 10.8 Å². The van der Waals surface area contributed by atoms with Crippen LogP contribution >= 0.6 is 11.3 Å². The third-order valence-electron chi connectivity index (χ3n) is 2.04. The molecule has 0 N–H and O–H groups in total. The molecule has 82 valence electrons. The molecule has 2 rings (SSSR count). The molecule has 0 unspecified atom stereocenters. The number of benzene rings is 1. The molecule has 0 spiro atoms. The molecule has 16 heavy (non-hydrogen) atoms. The van der Waals surface area contributed by atoms with Crippen molar-refractivity contribution < 1.29 is 13.6 Å². The molecule has 0 aliphatic heterocycles. The molecule has 2 nitrogen and oxygen atoms in total. The Morgan fingerprint density at radius 3 is 2.75 bits per heavy atom. The van der Waals surface area contributed by atoms with Gasteiger partial charge >= 0.3 is 0 Å². The van der Waals surface area contributed by atoms with Gasteiger partial charge in [0.05, 0.1) is 15.4 Å². The smallest absolute Gasteiger partial charge is 0.207 e. The highest BCUT2D eigenvalue weighted by atomic mass is 32.1. The van der Waals surface area contributed by atoms with Crippen molar-refractivity contribution >= 4 is 17.1 Å². The van der Waals surface area contributed by atoms with Crippen LogP contribution < -0.4 is 0 Å². The van der Waals surface area contributed by atoms with Gasteiger partial charge in [-0.15, -0.1) is 11.3 Å². The van der Waals surface area contributed by atoms with Crippen LogP contribution in [0.25, 0.3) is 0 Å².